The number of nitrogens with one attached hydrogen (secondary N) is 2. The van der Waals surface area contributed by atoms with Crippen LogP contribution in [0.3, 0.4) is 0 Å². The topological polar surface area (TPSA) is 80.2 Å². The molecule has 0 radical (unpaired) electrons. The van der Waals surface area contributed by atoms with Gasteiger partial charge in [-0.25, -0.2) is 0 Å². The molecule has 1 aromatic heterocycles. The largest absolute Gasteiger partial charge is 0.352 e. The fraction of sp³-hybridized carbons (Fsp3) is 0.562. The molecule has 22 heavy (non-hydrogen) atoms. The number of carbonyl (C=O) groups is 2. The minimum absolute atomic E-state index is 0.0193. The average Bonchev–Trinajstić information content (AvgIpc) is 2.47. The zero-order valence-corrected chi connectivity index (χ0v) is 13.1. The maximum absolute atomic E-state index is 12.3. The predicted octanol–water partition coefficient (Wildman–Crippen LogP) is 1.56. The fourth-order valence-electron chi connectivity index (χ4n) is 2.82. The van der Waals surface area contributed by atoms with E-state index in [2.05, 4.69) is 10.6 Å². The molecule has 0 saturated heterocycles. The highest BCUT2D eigenvalue weighted by Gasteiger charge is 2.17. The van der Waals surface area contributed by atoms with Gasteiger partial charge in [-0.15, -0.1) is 0 Å². The lowest BCUT2D eigenvalue weighted by molar-refractivity contribution is -0.122. The van der Waals surface area contributed by atoms with Crippen LogP contribution in [-0.4, -0.2) is 22.4 Å². The Labute approximate surface area is 129 Å². The van der Waals surface area contributed by atoms with E-state index in [1.807, 2.05) is 0 Å². The molecule has 0 aromatic carbocycles. The number of hydrogen-bond acceptors (Lipinski definition) is 3. The first-order valence-corrected chi connectivity index (χ1v) is 7.75. The van der Waals surface area contributed by atoms with E-state index in [1.165, 1.54) is 17.9 Å². The van der Waals surface area contributed by atoms with Gasteiger partial charge >= 0.3 is 0 Å². The van der Waals surface area contributed by atoms with Gasteiger partial charge in [0.15, 0.2) is 0 Å². The van der Waals surface area contributed by atoms with Gasteiger partial charge in [-0.2, -0.15) is 0 Å². The number of aromatic nitrogens is 1. The highest BCUT2D eigenvalue weighted by Crippen LogP contribution is 2.17. The van der Waals surface area contributed by atoms with Crippen LogP contribution in [0, 0.1) is 6.92 Å². The molecule has 0 atom stereocenters. The summed E-state index contributed by atoms with van der Waals surface area (Å²) in [7, 11) is 0. The van der Waals surface area contributed by atoms with Crippen LogP contribution >= 0.6 is 0 Å². The minimum Gasteiger partial charge on any atom is -0.352 e. The molecular weight excluding hydrogens is 282 g/mol. The molecule has 2 rings (SSSR count). The summed E-state index contributed by atoms with van der Waals surface area (Å²) in [5.41, 5.74) is 0.537. The molecule has 1 aliphatic rings. The standard InChI is InChI=1S/C16H23N3O3/c1-11-8-9-14(17-12(2)20)16(22)19(11)10-15(21)18-13-6-4-3-5-7-13/h8-9,13H,3-7,10H2,1-2H3,(H,17,20)(H,18,21). The van der Waals surface area contributed by atoms with Crippen molar-refractivity contribution in [1.29, 1.82) is 0 Å². The van der Waals surface area contributed by atoms with Crippen molar-refractivity contribution in [1.82, 2.24) is 9.88 Å². The van der Waals surface area contributed by atoms with E-state index < -0.39 is 0 Å². The molecule has 1 heterocycles. The minimum atomic E-state index is -0.353. The fourth-order valence-corrected chi connectivity index (χ4v) is 2.82. The summed E-state index contributed by atoms with van der Waals surface area (Å²) in [6.45, 7) is 3.10. The van der Waals surface area contributed by atoms with E-state index >= 15 is 0 Å². The van der Waals surface area contributed by atoms with Crippen LogP contribution in [0.1, 0.15) is 44.7 Å². The van der Waals surface area contributed by atoms with Crippen LogP contribution < -0.4 is 16.2 Å². The van der Waals surface area contributed by atoms with Crippen LogP contribution in [0.5, 0.6) is 0 Å². The normalized spacial score (nSPS) is 15.4. The zero-order valence-electron chi connectivity index (χ0n) is 13.1. The summed E-state index contributed by atoms with van der Waals surface area (Å²) in [6, 6.07) is 3.51. The Hall–Kier alpha value is -2.11. The van der Waals surface area contributed by atoms with E-state index in [0.29, 0.717) is 5.69 Å². The van der Waals surface area contributed by atoms with Crippen LogP contribution in [-0.2, 0) is 16.1 Å². The van der Waals surface area contributed by atoms with Crippen molar-refractivity contribution < 1.29 is 9.59 Å². The molecule has 1 aliphatic carbocycles. The first kappa shape index (κ1) is 16.3. The Morgan fingerprint density at radius 2 is 1.91 bits per heavy atom. The van der Waals surface area contributed by atoms with Gasteiger partial charge in [0.05, 0.1) is 0 Å². The van der Waals surface area contributed by atoms with Crippen LogP contribution in [0.25, 0.3) is 0 Å². The molecule has 1 saturated carbocycles. The third-order valence-corrected chi connectivity index (χ3v) is 3.98. The second-order valence-corrected chi connectivity index (χ2v) is 5.86. The quantitative estimate of drug-likeness (QED) is 0.886. The summed E-state index contributed by atoms with van der Waals surface area (Å²) >= 11 is 0. The Morgan fingerprint density at radius 1 is 1.23 bits per heavy atom. The summed E-state index contributed by atoms with van der Waals surface area (Å²) in [5, 5.41) is 5.49. The number of anilines is 1. The van der Waals surface area contributed by atoms with Gasteiger partial charge in [0.25, 0.3) is 5.56 Å². The summed E-state index contributed by atoms with van der Waals surface area (Å²) in [4.78, 5) is 35.6. The van der Waals surface area contributed by atoms with E-state index in [-0.39, 0.29) is 35.6 Å². The molecule has 2 N–H and O–H groups in total. The molecular formula is C16H23N3O3. The maximum Gasteiger partial charge on any atom is 0.274 e. The van der Waals surface area contributed by atoms with Gasteiger partial charge in [-0.1, -0.05) is 19.3 Å². The van der Waals surface area contributed by atoms with E-state index in [9.17, 15) is 14.4 Å². The van der Waals surface area contributed by atoms with Crippen LogP contribution in [0.15, 0.2) is 16.9 Å². The second kappa shape index (κ2) is 7.24. The molecule has 0 unspecified atom stereocenters. The number of aryl methyl sites for hydroxylation is 1. The number of hydrogen-bond donors (Lipinski definition) is 2. The van der Waals surface area contributed by atoms with Gasteiger partial charge < -0.3 is 15.2 Å². The Balaban J connectivity index is 2.09. The number of rotatable bonds is 4. The third-order valence-electron chi connectivity index (χ3n) is 3.98. The van der Waals surface area contributed by atoms with E-state index in [4.69, 9.17) is 0 Å². The van der Waals surface area contributed by atoms with Crippen molar-refractivity contribution in [3.05, 3.63) is 28.2 Å². The zero-order chi connectivity index (χ0) is 16.1. The SMILES string of the molecule is CC(=O)Nc1ccc(C)n(CC(=O)NC2CCCCC2)c1=O. The predicted molar refractivity (Wildman–Crippen MR) is 84.8 cm³/mol. The highest BCUT2D eigenvalue weighted by atomic mass is 16.2. The molecule has 6 nitrogen and oxygen atoms in total. The maximum atomic E-state index is 12.3. The molecule has 120 valence electrons. The lowest BCUT2D eigenvalue weighted by Crippen LogP contribution is -2.40. The Kier molecular flexibility index (Phi) is 5.35. The van der Waals surface area contributed by atoms with Crippen molar-refractivity contribution in [2.24, 2.45) is 0 Å². The summed E-state index contributed by atoms with van der Waals surface area (Å²) in [5.74, 6) is -0.462. The van der Waals surface area contributed by atoms with E-state index in [1.54, 1.807) is 19.1 Å². The molecule has 1 aromatic rings. The first-order chi connectivity index (χ1) is 10.5. The molecule has 0 spiro atoms. The monoisotopic (exact) mass is 305 g/mol. The first-order valence-electron chi connectivity index (χ1n) is 7.75. The van der Waals surface area contributed by atoms with Crippen molar-refractivity contribution >= 4 is 17.5 Å². The summed E-state index contributed by atoms with van der Waals surface area (Å²) in [6.07, 6.45) is 5.52. The molecule has 0 aliphatic heterocycles. The van der Waals surface area contributed by atoms with Crippen LogP contribution in [0.4, 0.5) is 5.69 Å². The lowest BCUT2D eigenvalue weighted by atomic mass is 9.95. The van der Waals surface area contributed by atoms with Crippen LogP contribution in [0.2, 0.25) is 0 Å². The van der Waals surface area contributed by atoms with Gasteiger partial charge in [-0.3, -0.25) is 14.4 Å². The molecule has 2 amide bonds. The van der Waals surface area contributed by atoms with Crippen molar-refractivity contribution in [3.63, 3.8) is 0 Å². The number of amides is 2. The molecule has 6 heteroatoms. The van der Waals surface area contributed by atoms with Gasteiger partial charge in [-0.05, 0) is 31.9 Å². The third kappa shape index (κ3) is 4.19. The van der Waals surface area contributed by atoms with Crippen molar-refractivity contribution in [3.8, 4) is 0 Å². The summed E-state index contributed by atoms with van der Waals surface area (Å²) < 4.78 is 1.39. The van der Waals surface area contributed by atoms with Crippen molar-refractivity contribution in [2.45, 2.75) is 58.5 Å². The van der Waals surface area contributed by atoms with Crippen molar-refractivity contribution in [2.75, 3.05) is 5.32 Å². The van der Waals surface area contributed by atoms with Gasteiger partial charge in [0.1, 0.15) is 12.2 Å². The molecule has 0 bridgehead atoms. The number of carbonyl (C=O) groups excluding carboxylic acids is 2. The Bertz CT molecular complexity index is 616. The van der Waals surface area contributed by atoms with Gasteiger partial charge in [0.2, 0.25) is 11.8 Å². The number of pyridine rings is 1. The lowest BCUT2D eigenvalue weighted by Gasteiger charge is -2.23. The van der Waals surface area contributed by atoms with Gasteiger partial charge in [0, 0.05) is 18.7 Å². The number of nitrogens with zero attached hydrogens (tertiary/aromatic N) is 1. The smallest absolute Gasteiger partial charge is 0.274 e. The second-order valence-electron chi connectivity index (χ2n) is 5.86. The highest BCUT2D eigenvalue weighted by molar-refractivity contribution is 5.88. The van der Waals surface area contributed by atoms with E-state index in [0.717, 1.165) is 25.7 Å². The average molecular weight is 305 g/mol. The molecule has 1 fully saturated rings. The Morgan fingerprint density at radius 3 is 2.55 bits per heavy atom.